The summed E-state index contributed by atoms with van der Waals surface area (Å²) in [5.74, 6) is -10.9. The second kappa shape index (κ2) is 10.7. The smallest absolute Gasteiger partial charge is 0.408 e. The summed E-state index contributed by atoms with van der Waals surface area (Å²) in [7, 11) is 2.83. The largest absolute Gasteiger partial charge is 0.508 e. The number of likely N-dealkylation sites (N-methyl/N-ethyl adjacent to an activating group) is 1. The van der Waals surface area contributed by atoms with E-state index >= 15 is 0 Å². The van der Waals surface area contributed by atoms with E-state index in [4.69, 9.17) is 15.2 Å². The van der Waals surface area contributed by atoms with Crippen LogP contribution in [0.2, 0.25) is 0 Å². The standard InChI is InChI=1S/C29H35N3O11/c1-11-12-8-7-9-13(33)16(12)21(35)17-15(11)23(42-14(34)10-31-27(40)43-28(2,3)4)19-20(32(5)6)22(36)18(26(30)39)25(38)29(19,41)24(17)37/h7-9,11,15,19-20,23,33,35,38,41H,10H2,1-6H3,(H2,30,39)(H,31,40)/t11-,15+,19+,20-,23-,29-/m1/s1. The van der Waals surface area contributed by atoms with Crippen LogP contribution < -0.4 is 11.1 Å². The Labute approximate surface area is 246 Å². The van der Waals surface area contributed by atoms with E-state index in [9.17, 15) is 44.4 Å². The van der Waals surface area contributed by atoms with Crippen molar-refractivity contribution >= 4 is 35.3 Å². The molecule has 14 nitrogen and oxygen atoms in total. The number of aliphatic hydroxyl groups excluding tert-OH is 2. The molecule has 0 heterocycles. The van der Waals surface area contributed by atoms with Crippen molar-refractivity contribution in [2.24, 2.45) is 17.6 Å². The molecule has 1 aromatic carbocycles. The molecule has 1 fully saturated rings. The van der Waals surface area contributed by atoms with E-state index in [1.165, 1.54) is 31.1 Å². The number of hydrogen-bond acceptors (Lipinski definition) is 12. The van der Waals surface area contributed by atoms with E-state index in [-0.39, 0.29) is 11.3 Å². The van der Waals surface area contributed by atoms with Crippen molar-refractivity contribution in [2.45, 2.75) is 57.0 Å². The average molecular weight is 602 g/mol. The minimum atomic E-state index is -3.07. The summed E-state index contributed by atoms with van der Waals surface area (Å²) in [5.41, 5.74) is 0.182. The second-order valence-corrected chi connectivity index (χ2v) is 12.1. The van der Waals surface area contributed by atoms with Crippen molar-refractivity contribution in [1.82, 2.24) is 10.2 Å². The maximum Gasteiger partial charge on any atom is 0.408 e. The van der Waals surface area contributed by atoms with Crippen LogP contribution in [-0.2, 0) is 28.7 Å². The number of nitrogens with two attached hydrogens (primary N) is 1. The van der Waals surface area contributed by atoms with Gasteiger partial charge in [0.05, 0.1) is 17.5 Å². The Morgan fingerprint density at radius 1 is 1.12 bits per heavy atom. The summed E-state index contributed by atoms with van der Waals surface area (Å²) >= 11 is 0. The van der Waals surface area contributed by atoms with Crippen molar-refractivity contribution in [3.63, 3.8) is 0 Å². The number of esters is 1. The first-order valence-corrected chi connectivity index (χ1v) is 13.5. The Bertz CT molecular complexity index is 1490. The first-order valence-electron chi connectivity index (χ1n) is 13.5. The predicted octanol–water partition coefficient (Wildman–Crippen LogP) is 0.571. The zero-order chi connectivity index (χ0) is 32.3. The van der Waals surface area contributed by atoms with Crippen molar-refractivity contribution < 1.29 is 53.9 Å². The molecule has 0 spiro atoms. The molecule has 2 amide bonds. The van der Waals surface area contributed by atoms with Crippen LogP contribution in [0.4, 0.5) is 4.79 Å². The summed E-state index contributed by atoms with van der Waals surface area (Å²) in [6, 6.07) is 2.84. The number of amides is 2. The van der Waals surface area contributed by atoms with Gasteiger partial charge in [-0.2, -0.15) is 0 Å². The van der Waals surface area contributed by atoms with Crippen LogP contribution in [0.1, 0.15) is 44.7 Å². The number of ketones is 2. The Balaban J connectivity index is 1.93. The lowest BCUT2D eigenvalue weighted by Crippen LogP contribution is -2.71. The van der Waals surface area contributed by atoms with Gasteiger partial charge in [0.25, 0.3) is 5.91 Å². The van der Waals surface area contributed by atoms with Crippen molar-refractivity contribution in [3.8, 4) is 5.75 Å². The highest BCUT2D eigenvalue weighted by Gasteiger charge is 2.69. The van der Waals surface area contributed by atoms with Gasteiger partial charge in [-0.1, -0.05) is 19.1 Å². The molecular formula is C29H35N3O11. The normalized spacial score (nSPS) is 28.6. The molecule has 0 unspecified atom stereocenters. The SMILES string of the molecule is C[C@@H]1c2cccc(O)c2C(O)=C2C(=O)[C@@]3(O)C(O)=C(C(N)=O)C(=O)[C@H](N(C)C)[C@H]3[C@H](OC(=O)CNC(=O)OC(C)(C)C)[C@H]21. The van der Waals surface area contributed by atoms with Gasteiger partial charge in [0, 0.05) is 11.5 Å². The lowest BCUT2D eigenvalue weighted by molar-refractivity contribution is -0.184. The van der Waals surface area contributed by atoms with E-state index in [2.05, 4.69) is 5.32 Å². The van der Waals surface area contributed by atoms with Gasteiger partial charge in [0.15, 0.2) is 11.4 Å². The van der Waals surface area contributed by atoms with Crippen LogP contribution in [0, 0.1) is 11.8 Å². The molecule has 3 aliphatic rings. The Hall–Kier alpha value is -4.43. The molecule has 3 aliphatic carbocycles. The molecule has 1 saturated carbocycles. The third-order valence-corrected chi connectivity index (χ3v) is 8.01. The Kier molecular flexibility index (Phi) is 7.83. The molecule has 0 saturated heterocycles. The van der Waals surface area contributed by atoms with Crippen LogP contribution in [0.5, 0.6) is 5.75 Å². The number of nitrogens with zero attached hydrogens (tertiary/aromatic N) is 1. The summed E-state index contributed by atoms with van der Waals surface area (Å²) in [4.78, 5) is 66.7. The van der Waals surface area contributed by atoms with Gasteiger partial charge < -0.3 is 41.0 Å². The monoisotopic (exact) mass is 601 g/mol. The van der Waals surface area contributed by atoms with Crippen LogP contribution in [0.15, 0.2) is 35.1 Å². The van der Waals surface area contributed by atoms with Gasteiger partial charge in [-0.15, -0.1) is 0 Å². The number of Topliss-reactive ketones (excluding diaryl/α,β-unsaturated/α-hetero) is 2. The fourth-order valence-electron chi connectivity index (χ4n) is 6.34. The van der Waals surface area contributed by atoms with Crippen molar-refractivity contribution in [2.75, 3.05) is 20.6 Å². The number of phenols is 1. The van der Waals surface area contributed by atoms with E-state index < -0.39 is 99.8 Å². The molecule has 0 bridgehead atoms. The number of alkyl carbamates (subject to hydrolysis) is 1. The average Bonchev–Trinajstić information content (AvgIpc) is 2.87. The van der Waals surface area contributed by atoms with E-state index in [1.54, 1.807) is 33.8 Å². The molecule has 6 atom stereocenters. The van der Waals surface area contributed by atoms with Crippen LogP contribution in [0.25, 0.3) is 5.76 Å². The predicted molar refractivity (Wildman–Crippen MR) is 148 cm³/mol. The first-order chi connectivity index (χ1) is 19.8. The fourth-order valence-corrected chi connectivity index (χ4v) is 6.34. The quantitative estimate of drug-likeness (QED) is 0.201. The molecule has 232 valence electrons. The molecule has 43 heavy (non-hydrogen) atoms. The van der Waals surface area contributed by atoms with Gasteiger partial charge in [-0.25, -0.2) is 4.79 Å². The highest BCUT2D eigenvalue weighted by Crippen LogP contribution is 2.56. The first kappa shape index (κ1) is 31.5. The minimum Gasteiger partial charge on any atom is -0.508 e. The Morgan fingerprint density at radius 2 is 1.74 bits per heavy atom. The Morgan fingerprint density at radius 3 is 2.30 bits per heavy atom. The maximum absolute atomic E-state index is 14.2. The van der Waals surface area contributed by atoms with E-state index in [1.807, 2.05) is 0 Å². The number of ether oxygens (including phenoxy) is 2. The molecule has 0 radical (unpaired) electrons. The van der Waals surface area contributed by atoms with Crippen LogP contribution in [-0.4, -0.2) is 98.9 Å². The van der Waals surface area contributed by atoms with Gasteiger partial charge >= 0.3 is 12.1 Å². The molecule has 0 aromatic heterocycles. The molecule has 1 aromatic rings. The third kappa shape index (κ3) is 4.99. The highest BCUT2D eigenvalue weighted by molar-refractivity contribution is 6.24. The molecule has 7 N–H and O–H groups in total. The molecular weight excluding hydrogens is 566 g/mol. The number of hydrogen-bond donors (Lipinski definition) is 6. The number of phenolic OH excluding ortho intramolecular Hbond substituents is 1. The number of carbonyl (C=O) groups is 5. The zero-order valence-electron chi connectivity index (χ0n) is 24.5. The number of primary amides is 1. The van der Waals surface area contributed by atoms with Crippen molar-refractivity contribution in [1.29, 1.82) is 0 Å². The zero-order valence-corrected chi connectivity index (χ0v) is 24.5. The number of aliphatic hydroxyl groups is 3. The molecule has 4 rings (SSSR count). The third-order valence-electron chi connectivity index (χ3n) is 8.01. The molecule has 0 aliphatic heterocycles. The van der Waals surface area contributed by atoms with E-state index in [0.717, 1.165) is 0 Å². The maximum atomic E-state index is 14.2. The number of nitrogens with one attached hydrogen (secondary N) is 1. The highest BCUT2D eigenvalue weighted by atomic mass is 16.6. The van der Waals surface area contributed by atoms with Gasteiger partial charge in [0.2, 0.25) is 5.78 Å². The van der Waals surface area contributed by atoms with E-state index in [0.29, 0.717) is 5.56 Å². The fraction of sp³-hybridized carbons (Fsp3) is 0.483. The van der Waals surface area contributed by atoms with Gasteiger partial charge in [-0.05, 0) is 52.4 Å². The summed E-state index contributed by atoms with van der Waals surface area (Å²) in [6.45, 7) is 5.77. The number of carbonyl (C=O) groups excluding carboxylic acids is 5. The number of rotatable bonds is 5. The second-order valence-electron chi connectivity index (χ2n) is 12.1. The topological polar surface area (TPSA) is 226 Å². The van der Waals surface area contributed by atoms with Gasteiger partial charge in [-0.3, -0.25) is 24.1 Å². The number of aromatic hydroxyl groups is 1. The summed E-state index contributed by atoms with van der Waals surface area (Å²) in [6.07, 6.45) is -2.54. The minimum absolute atomic E-state index is 0.108. The summed E-state index contributed by atoms with van der Waals surface area (Å²) < 4.78 is 10.9. The van der Waals surface area contributed by atoms with Gasteiger partial charge in [0.1, 0.15) is 41.1 Å². The van der Waals surface area contributed by atoms with Crippen molar-refractivity contribution in [3.05, 3.63) is 46.2 Å². The molecule has 14 heteroatoms. The van der Waals surface area contributed by atoms with Crippen LogP contribution in [0.3, 0.4) is 0 Å². The van der Waals surface area contributed by atoms with Crippen LogP contribution >= 0.6 is 0 Å². The number of benzene rings is 1. The number of fused-ring (bicyclic) bond motifs is 3. The lowest BCUT2D eigenvalue weighted by atomic mass is 9.54. The summed E-state index contributed by atoms with van der Waals surface area (Å²) in [5, 5.41) is 47.4. The lowest BCUT2D eigenvalue weighted by Gasteiger charge is -2.54.